The van der Waals surface area contributed by atoms with Gasteiger partial charge in [-0.1, -0.05) is 0 Å². The fourth-order valence-corrected chi connectivity index (χ4v) is 1.88. The number of ether oxygens (including phenoxy) is 1. The molecule has 0 amide bonds. The molecule has 2 aromatic rings. The Morgan fingerprint density at radius 2 is 1.95 bits per heavy atom. The van der Waals surface area contributed by atoms with Gasteiger partial charge in [0.05, 0.1) is 18.7 Å². The number of nitrogens with one attached hydrogen (secondary N) is 1. The number of H-pyrrole nitrogens is 1. The van der Waals surface area contributed by atoms with Crippen molar-refractivity contribution in [2.24, 2.45) is 0 Å². The summed E-state index contributed by atoms with van der Waals surface area (Å²) in [6.45, 7) is 0.572. The number of halogens is 3. The molecule has 2 rings (SSSR count). The van der Waals surface area contributed by atoms with Crippen molar-refractivity contribution in [1.82, 2.24) is 14.8 Å². The second kappa shape index (κ2) is 5.54. The van der Waals surface area contributed by atoms with E-state index in [1.54, 1.807) is 0 Å². The smallest absolute Gasteiger partial charge is 0.195 e. The Balaban J connectivity index is 2.56. The standard InChI is InChI=1S/C11H10F3N3OS/c1-18-3-2-17-10(15-16-11(17)19)9-7(13)4-6(12)5-8(9)14/h4-5H,2-3H2,1H3,(H,16,19). The number of hydrogen-bond acceptors (Lipinski definition) is 3. The van der Waals surface area contributed by atoms with Crippen LogP contribution in [0.4, 0.5) is 13.2 Å². The van der Waals surface area contributed by atoms with Gasteiger partial charge in [-0.2, -0.15) is 5.10 Å². The molecule has 0 radical (unpaired) electrons. The highest BCUT2D eigenvalue weighted by Gasteiger charge is 2.19. The lowest BCUT2D eigenvalue weighted by Gasteiger charge is -2.08. The Hall–Kier alpha value is -1.67. The topological polar surface area (TPSA) is 42.8 Å². The van der Waals surface area contributed by atoms with Gasteiger partial charge in [0, 0.05) is 19.2 Å². The summed E-state index contributed by atoms with van der Waals surface area (Å²) in [4.78, 5) is 0. The van der Waals surface area contributed by atoms with Gasteiger partial charge < -0.3 is 4.74 Å². The molecule has 1 aromatic carbocycles. The third-order valence-corrected chi connectivity index (χ3v) is 2.82. The summed E-state index contributed by atoms with van der Waals surface area (Å²) in [6, 6.07) is 1.19. The van der Waals surface area contributed by atoms with Crippen molar-refractivity contribution in [1.29, 1.82) is 0 Å². The predicted octanol–water partition coefficient (Wildman–Crippen LogP) is 2.67. The van der Waals surface area contributed by atoms with Gasteiger partial charge in [0.1, 0.15) is 17.5 Å². The molecule has 0 aliphatic carbocycles. The highest BCUT2D eigenvalue weighted by Crippen LogP contribution is 2.25. The molecule has 1 aromatic heterocycles. The van der Waals surface area contributed by atoms with Crippen LogP contribution in [0.15, 0.2) is 12.1 Å². The van der Waals surface area contributed by atoms with Crippen LogP contribution in [0.2, 0.25) is 0 Å². The molecule has 0 unspecified atom stereocenters. The molecule has 8 heteroatoms. The Kier molecular flexibility index (Phi) is 4.01. The van der Waals surface area contributed by atoms with Crippen LogP contribution in [0.5, 0.6) is 0 Å². The highest BCUT2D eigenvalue weighted by atomic mass is 32.1. The maximum Gasteiger partial charge on any atom is 0.195 e. The van der Waals surface area contributed by atoms with Crippen LogP contribution in [-0.4, -0.2) is 28.5 Å². The van der Waals surface area contributed by atoms with Crippen molar-refractivity contribution in [2.45, 2.75) is 6.54 Å². The Morgan fingerprint density at radius 3 is 2.53 bits per heavy atom. The largest absolute Gasteiger partial charge is 0.383 e. The molecule has 0 fully saturated rings. The van der Waals surface area contributed by atoms with Gasteiger partial charge >= 0.3 is 0 Å². The van der Waals surface area contributed by atoms with Gasteiger partial charge in [0.15, 0.2) is 10.6 Å². The van der Waals surface area contributed by atoms with Gasteiger partial charge in [-0.3, -0.25) is 9.67 Å². The SMILES string of the molecule is COCCn1c(-c2c(F)cc(F)cc2F)n[nH]c1=S. The van der Waals surface area contributed by atoms with E-state index in [2.05, 4.69) is 10.2 Å². The van der Waals surface area contributed by atoms with Crippen LogP contribution in [0.3, 0.4) is 0 Å². The number of methoxy groups -OCH3 is 1. The molecule has 0 spiro atoms. The predicted molar refractivity (Wildman–Crippen MR) is 64.6 cm³/mol. The minimum atomic E-state index is -1.04. The molecular formula is C11H10F3N3OS. The van der Waals surface area contributed by atoms with Gasteiger partial charge in [-0.15, -0.1) is 0 Å². The number of aromatic nitrogens is 3. The lowest BCUT2D eigenvalue weighted by molar-refractivity contribution is 0.187. The first kappa shape index (κ1) is 13.8. The number of hydrogen-bond donors (Lipinski definition) is 1. The molecular weight excluding hydrogens is 279 g/mol. The van der Waals surface area contributed by atoms with Crippen LogP contribution in [0.1, 0.15) is 0 Å². The summed E-state index contributed by atoms with van der Waals surface area (Å²) < 4.78 is 46.7. The van der Waals surface area contributed by atoms with Crippen molar-refractivity contribution >= 4 is 12.2 Å². The van der Waals surface area contributed by atoms with Gasteiger partial charge in [0.25, 0.3) is 0 Å². The number of benzene rings is 1. The lowest BCUT2D eigenvalue weighted by atomic mass is 10.2. The zero-order valence-electron chi connectivity index (χ0n) is 9.91. The molecule has 0 saturated heterocycles. The van der Waals surface area contributed by atoms with E-state index in [0.717, 1.165) is 0 Å². The van der Waals surface area contributed by atoms with Gasteiger partial charge in [-0.25, -0.2) is 13.2 Å². The van der Waals surface area contributed by atoms with E-state index in [9.17, 15) is 13.2 Å². The summed E-state index contributed by atoms with van der Waals surface area (Å²) >= 11 is 4.97. The van der Waals surface area contributed by atoms with Crippen LogP contribution in [0.25, 0.3) is 11.4 Å². The molecule has 1 heterocycles. The second-order valence-corrected chi connectivity index (χ2v) is 4.13. The third-order valence-electron chi connectivity index (χ3n) is 2.51. The van der Waals surface area contributed by atoms with E-state index in [-0.39, 0.29) is 17.1 Å². The quantitative estimate of drug-likeness (QED) is 0.880. The summed E-state index contributed by atoms with van der Waals surface area (Å²) in [5.41, 5.74) is -0.426. The molecule has 1 N–H and O–H groups in total. The second-order valence-electron chi connectivity index (χ2n) is 3.74. The Bertz CT molecular complexity index is 630. The number of rotatable bonds is 4. The Morgan fingerprint density at radius 1 is 1.32 bits per heavy atom. The van der Waals surface area contributed by atoms with Crippen molar-refractivity contribution in [2.75, 3.05) is 13.7 Å². The average Bonchev–Trinajstić information content (AvgIpc) is 2.67. The maximum absolute atomic E-state index is 13.7. The molecule has 102 valence electrons. The zero-order chi connectivity index (χ0) is 14.0. The van der Waals surface area contributed by atoms with Crippen LogP contribution in [0, 0.1) is 22.2 Å². The van der Waals surface area contributed by atoms with E-state index in [0.29, 0.717) is 18.7 Å². The summed E-state index contributed by atoms with van der Waals surface area (Å²) in [5, 5.41) is 6.22. The highest BCUT2D eigenvalue weighted by molar-refractivity contribution is 7.71. The average molecular weight is 289 g/mol. The van der Waals surface area contributed by atoms with Gasteiger partial charge in [-0.05, 0) is 12.2 Å². The first-order chi connectivity index (χ1) is 9.04. The van der Waals surface area contributed by atoms with Crippen LogP contribution in [-0.2, 0) is 11.3 Å². The molecule has 0 saturated carbocycles. The monoisotopic (exact) mass is 289 g/mol. The molecule has 0 aliphatic rings. The normalized spacial score (nSPS) is 10.9. The molecule has 0 aliphatic heterocycles. The van der Waals surface area contributed by atoms with E-state index in [1.165, 1.54) is 11.7 Å². The Labute approximate surface area is 111 Å². The molecule has 19 heavy (non-hydrogen) atoms. The first-order valence-electron chi connectivity index (χ1n) is 5.33. The van der Waals surface area contributed by atoms with Crippen molar-refractivity contribution in [3.8, 4) is 11.4 Å². The van der Waals surface area contributed by atoms with Gasteiger partial charge in [0.2, 0.25) is 0 Å². The molecule has 4 nitrogen and oxygen atoms in total. The minimum Gasteiger partial charge on any atom is -0.383 e. The van der Waals surface area contributed by atoms with E-state index in [4.69, 9.17) is 17.0 Å². The van der Waals surface area contributed by atoms with E-state index < -0.39 is 23.0 Å². The number of nitrogens with zero attached hydrogens (tertiary/aromatic N) is 2. The van der Waals surface area contributed by atoms with Crippen molar-refractivity contribution < 1.29 is 17.9 Å². The minimum absolute atomic E-state index is 0.0305. The summed E-state index contributed by atoms with van der Waals surface area (Å²) in [7, 11) is 1.49. The maximum atomic E-state index is 13.7. The molecule has 0 atom stereocenters. The van der Waals surface area contributed by atoms with Crippen LogP contribution < -0.4 is 0 Å². The summed E-state index contributed by atoms with van der Waals surface area (Å²) in [5.74, 6) is -3.09. The fraction of sp³-hybridized carbons (Fsp3) is 0.273. The zero-order valence-corrected chi connectivity index (χ0v) is 10.7. The third kappa shape index (κ3) is 2.69. The molecule has 0 bridgehead atoms. The van der Waals surface area contributed by atoms with Crippen molar-refractivity contribution in [3.63, 3.8) is 0 Å². The summed E-state index contributed by atoms with van der Waals surface area (Å²) in [6.07, 6.45) is 0. The van der Waals surface area contributed by atoms with E-state index in [1.807, 2.05) is 0 Å². The lowest BCUT2D eigenvalue weighted by Crippen LogP contribution is -2.08. The van der Waals surface area contributed by atoms with Crippen LogP contribution >= 0.6 is 12.2 Å². The fourth-order valence-electron chi connectivity index (χ4n) is 1.65. The van der Waals surface area contributed by atoms with Crippen molar-refractivity contribution in [3.05, 3.63) is 34.4 Å². The first-order valence-corrected chi connectivity index (χ1v) is 5.74. The van der Waals surface area contributed by atoms with E-state index >= 15 is 0 Å². The number of aromatic amines is 1.